The van der Waals surface area contributed by atoms with Crippen LogP contribution in [0.1, 0.15) is 44.0 Å². The zero-order valence-electron chi connectivity index (χ0n) is 17.5. The molecule has 32 heavy (non-hydrogen) atoms. The number of hydrogen-bond donors (Lipinski definition) is 1. The minimum Gasteiger partial charge on any atom is -0.485 e. The minimum absolute atomic E-state index is 0.0955. The van der Waals surface area contributed by atoms with Crippen LogP contribution in [-0.4, -0.2) is 31.9 Å². The molecule has 1 N–H and O–H groups in total. The normalized spacial score (nSPS) is 12.3. The number of carbonyl (C=O) groups excluding carboxylic acids is 1. The Hall–Kier alpha value is -3.17. The average Bonchev–Trinajstić information content (AvgIpc) is 3.34. The second-order valence-electron chi connectivity index (χ2n) is 7.39. The number of halogens is 2. The van der Waals surface area contributed by atoms with Crippen molar-refractivity contribution in [1.82, 2.24) is 14.4 Å². The van der Waals surface area contributed by atoms with Crippen molar-refractivity contribution < 1.29 is 23.4 Å². The van der Waals surface area contributed by atoms with E-state index in [1.165, 1.54) is 29.5 Å². The monoisotopic (exact) mass is 457 g/mol. The molecule has 1 atom stereocenters. The van der Waals surface area contributed by atoms with Crippen LogP contribution in [0.3, 0.4) is 0 Å². The van der Waals surface area contributed by atoms with Gasteiger partial charge in [-0.15, -0.1) is 11.3 Å². The van der Waals surface area contributed by atoms with E-state index >= 15 is 0 Å². The molecule has 0 spiro atoms. The molecule has 166 valence electrons. The molecule has 4 aromatic rings. The Morgan fingerprint density at radius 3 is 2.62 bits per heavy atom. The minimum atomic E-state index is -0.694. The van der Waals surface area contributed by atoms with Crippen molar-refractivity contribution in [2.75, 3.05) is 6.61 Å². The van der Waals surface area contributed by atoms with Crippen LogP contribution in [0.25, 0.3) is 5.65 Å². The molecular formula is C23H21F2N3O3S. The maximum Gasteiger partial charge on any atom is 0.182 e. The Balaban J connectivity index is 1.61. The van der Waals surface area contributed by atoms with Crippen molar-refractivity contribution in [2.45, 2.75) is 32.8 Å². The standard InChI is InChI=1S/C23H21F2N3O3S/c1-13-22(19(30)9-15(11-29)21-10-26-14(2)32-21)28-8-4-7-20(23(28)27-13)31-12-16-17(24)5-3-6-18(16)25/h3-8,10,15,29H,9,11-12H2,1-2H3/t15-/m1/s1. The first kappa shape index (κ1) is 22.0. The molecule has 0 saturated heterocycles. The molecule has 6 nitrogen and oxygen atoms in total. The summed E-state index contributed by atoms with van der Waals surface area (Å²) in [6.07, 6.45) is 3.46. The lowest BCUT2D eigenvalue weighted by Gasteiger charge is -2.12. The van der Waals surface area contributed by atoms with E-state index in [4.69, 9.17) is 4.74 Å². The number of Topliss-reactive ketones (excluding diaryl/α,β-unsaturated/α-hetero) is 1. The topological polar surface area (TPSA) is 76.7 Å². The molecule has 9 heteroatoms. The van der Waals surface area contributed by atoms with E-state index in [1.54, 1.807) is 35.9 Å². The second kappa shape index (κ2) is 9.13. The van der Waals surface area contributed by atoms with E-state index in [0.717, 1.165) is 9.88 Å². The highest BCUT2D eigenvalue weighted by molar-refractivity contribution is 7.11. The number of rotatable bonds is 8. The molecule has 0 saturated carbocycles. The van der Waals surface area contributed by atoms with Crippen LogP contribution >= 0.6 is 11.3 Å². The Morgan fingerprint density at radius 1 is 1.22 bits per heavy atom. The molecule has 0 unspecified atom stereocenters. The highest BCUT2D eigenvalue weighted by atomic mass is 32.1. The Labute approximate surface area is 187 Å². The first-order chi connectivity index (χ1) is 15.4. The van der Waals surface area contributed by atoms with Crippen molar-refractivity contribution >= 4 is 22.8 Å². The van der Waals surface area contributed by atoms with Gasteiger partial charge in [0, 0.05) is 29.6 Å². The first-order valence-electron chi connectivity index (χ1n) is 9.98. The van der Waals surface area contributed by atoms with Crippen LogP contribution in [0.2, 0.25) is 0 Å². The summed E-state index contributed by atoms with van der Waals surface area (Å²) in [5.41, 5.74) is 1.07. The molecule has 0 aliphatic heterocycles. The summed E-state index contributed by atoms with van der Waals surface area (Å²) in [4.78, 5) is 22.6. The molecule has 0 amide bonds. The number of hydrogen-bond acceptors (Lipinski definition) is 6. The van der Waals surface area contributed by atoms with Gasteiger partial charge >= 0.3 is 0 Å². The molecule has 0 aliphatic rings. The number of aliphatic hydroxyl groups excluding tert-OH is 1. The zero-order valence-corrected chi connectivity index (χ0v) is 18.3. The van der Waals surface area contributed by atoms with Crippen molar-refractivity contribution in [3.63, 3.8) is 0 Å². The van der Waals surface area contributed by atoms with Gasteiger partial charge in [0.25, 0.3) is 0 Å². The number of aromatic nitrogens is 3. The second-order valence-corrected chi connectivity index (χ2v) is 8.66. The van der Waals surface area contributed by atoms with Crippen LogP contribution in [0.15, 0.2) is 42.7 Å². The first-order valence-corrected chi connectivity index (χ1v) is 10.8. The molecule has 0 bridgehead atoms. The quantitative estimate of drug-likeness (QED) is 0.391. The Morgan fingerprint density at radius 2 is 1.97 bits per heavy atom. The number of aryl methyl sites for hydroxylation is 2. The smallest absolute Gasteiger partial charge is 0.182 e. The van der Waals surface area contributed by atoms with E-state index in [-0.39, 0.29) is 36.9 Å². The lowest BCUT2D eigenvalue weighted by Crippen LogP contribution is -2.13. The van der Waals surface area contributed by atoms with Crippen LogP contribution < -0.4 is 4.74 Å². The predicted molar refractivity (Wildman–Crippen MR) is 116 cm³/mol. The van der Waals surface area contributed by atoms with Gasteiger partial charge in [-0.1, -0.05) is 6.07 Å². The number of benzene rings is 1. The number of fused-ring (bicyclic) bond motifs is 1. The van der Waals surface area contributed by atoms with E-state index in [9.17, 15) is 18.7 Å². The van der Waals surface area contributed by atoms with Crippen molar-refractivity contribution in [3.05, 3.63) is 81.2 Å². The molecule has 0 fully saturated rings. The summed E-state index contributed by atoms with van der Waals surface area (Å²) in [5.74, 6) is -1.63. The molecule has 3 heterocycles. The molecular weight excluding hydrogens is 436 g/mol. The zero-order chi connectivity index (χ0) is 22.8. The summed E-state index contributed by atoms with van der Waals surface area (Å²) in [7, 11) is 0. The van der Waals surface area contributed by atoms with Gasteiger partial charge in [-0.25, -0.2) is 18.7 Å². The SMILES string of the molecule is Cc1ncc([C@@H](CO)CC(=O)c2c(C)nc3c(OCc4c(F)cccc4F)cccn23)s1. The van der Waals surface area contributed by atoms with Gasteiger partial charge in [-0.05, 0) is 38.1 Å². The predicted octanol–water partition coefficient (Wildman–Crippen LogP) is 4.61. The summed E-state index contributed by atoms with van der Waals surface area (Å²) in [6.45, 7) is 3.09. The fourth-order valence-corrected chi connectivity index (χ4v) is 4.44. The van der Waals surface area contributed by atoms with Gasteiger partial charge in [0.05, 0.1) is 22.9 Å². The molecule has 0 radical (unpaired) electrons. The number of ketones is 1. The van der Waals surface area contributed by atoms with E-state index in [0.29, 0.717) is 22.8 Å². The third kappa shape index (κ3) is 4.26. The summed E-state index contributed by atoms with van der Waals surface area (Å²) in [6, 6.07) is 6.93. The maximum absolute atomic E-state index is 13.9. The van der Waals surface area contributed by atoms with Gasteiger partial charge in [0.1, 0.15) is 23.9 Å². The van der Waals surface area contributed by atoms with Crippen LogP contribution in [0.5, 0.6) is 5.75 Å². The fourth-order valence-electron chi connectivity index (χ4n) is 3.57. The van der Waals surface area contributed by atoms with Gasteiger partial charge in [-0.3, -0.25) is 9.20 Å². The Kier molecular flexibility index (Phi) is 6.29. The van der Waals surface area contributed by atoms with Crippen LogP contribution in [0, 0.1) is 25.5 Å². The van der Waals surface area contributed by atoms with Gasteiger partial charge in [-0.2, -0.15) is 0 Å². The summed E-state index contributed by atoms with van der Waals surface area (Å²) < 4.78 is 35.1. The van der Waals surface area contributed by atoms with E-state index in [1.807, 2.05) is 6.92 Å². The highest BCUT2D eigenvalue weighted by Crippen LogP contribution is 2.29. The van der Waals surface area contributed by atoms with Crippen molar-refractivity contribution in [3.8, 4) is 5.75 Å². The summed E-state index contributed by atoms with van der Waals surface area (Å²) in [5, 5.41) is 10.7. The lowest BCUT2D eigenvalue weighted by molar-refractivity contribution is 0.0954. The fraction of sp³-hybridized carbons (Fsp3) is 0.261. The maximum atomic E-state index is 13.9. The largest absolute Gasteiger partial charge is 0.485 e. The van der Waals surface area contributed by atoms with E-state index in [2.05, 4.69) is 9.97 Å². The molecule has 4 rings (SSSR count). The number of ether oxygens (including phenoxy) is 1. The number of imidazole rings is 1. The Bertz CT molecular complexity index is 1260. The van der Waals surface area contributed by atoms with Gasteiger partial charge in [0.2, 0.25) is 0 Å². The third-order valence-electron chi connectivity index (χ3n) is 5.18. The van der Waals surface area contributed by atoms with Crippen LogP contribution in [0.4, 0.5) is 8.78 Å². The molecule has 3 aromatic heterocycles. The summed E-state index contributed by atoms with van der Waals surface area (Å²) >= 11 is 1.45. The highest BCUT2D eigenvalue weighted by Gasteiger charge is 2.24. The van der Waals surface area contributed by atoms with Gasteiger partial charge < -0.3 is 9.84 Å². The van der Waals surface area contributed by atoms with Crippen molar-refractivity contribution in [2.24, 2.45) is 0 Å². The van der Waals surface area contributed by atoms with E-state index < -0.39 is 11.6 Å². The number of carbonyl (C=O) groups is 1. The van der Waals surface area contributed by atoms with Crippen molar-refractivity contribution in [1.29, 1.82) is 0 Å². The average molecular weight is 458 g/mol. The number of pyridine rings is 1. The number of thiazole rings is 1. The third-order valence-corrected chi connectivity index (χ3v) is 6.26. The lowest BCUT2D eigenvalue weighted by atomic mass is 10.00. The van der Waals surface area contributed by atoms with Crippen LogP contribution in [-0.2, 0) is 6.61 Å². The molecule has 0 aliphatic carbocycles. The molecule has 1 aromatic carbocycles. The number of nitrogens with zero attached hydrogens (tertiary/aromatic N) is 3. The van der Waals surface area contributed by atoms with Gasteiger partial charge in [0.15, 0.2) is 17.2 Å². The number of aliphatic hydroxyl groups is 1.